The van der Waals surface area contributed by atoms with Crippen molar-refractivity contribution in [3.8, 4) is 5.75 Å². The lowest BCUT2D eigenvalue weighted by molar-refractivity contribution is -0.131. The molecule has 3 aromatic carbocycles. The minimum atomic E-state index is -3.61. The first-order valence-electron chi connectivity index (χ1n) is 13.8. The number of fused-ring (bicyclic) bond motifs is 5. The first-order chi connectivity index (χ1) is 20.5. The molecular formula is C31H30FN5O5S. The van der Waals surface area contributed by atoms with Gasteiger partial charge in [-0.1, -0.05) is 6.07 Å². The van der Waals surface area contributed by atoms with Gasteiger partial charge in [0, 0.05) is 42.2 Å². The van der Waals surface area contributed by atoms with Crippen molar-refractivity contribution in [1.82, 2.24) is 9.88 Å². The monoisotopic (exact) mass is 603 g/mol. The highest BCUT2D eigenvalue weighted by Crippen LogP contribution is 2.37. The number of aromatic hydroxyl groups is 1. The number of halogens is 1. The molecule has 0 saturated heterocycles. The summed E-state index contributed by atoms with van der Waals surface area (Å²) in [5, 5.41) is 16.7. The number of nitrogen functional groups attached to an aromatic ring is 1. The zero-order valence-corrected chi connectivity index (χ0v) is 24.1. The number of sulfone groups is 1. The lowest BCUT2D eigenvalue weighted by Crippen LogP contribution is -2.35. The van der Waals surface area contributed by atoms with Gasteiger partial charge in [-0.25, -0.2) is 17.8 Å². The molecule has 2 aliphatic rings. The van der Waals surface area contributed by atoms with Gasteiger partial charge >= 0.3 is 0 Å². The molecule has 1 fully saturated rings. The molecule has 10 nitrogen and oxygen atoms in total. The highest BCUT2D eigenvalue weighted by Gasteiger charge is 2.38. The number of rotatable bonds is 4. The zero-order valence-electron chi connectivity index (χ0n) is 23.3. The number of carbonyl (C=O) groups is 2. The predicted molar refractivity (Wildman–Crippen MR) is 161 cm³/mol. The average Bonchev–Trinajstić information content (AvgIpc) is 3.83. The van der Waals surface area contributed by atoms with E-state index in [1.54, 1.807) is 43.4 Å². The Labute approximate surface area is 247 Å². The fourth-order valence-corrected chi connectivity index (χ4v) is 7.26. The summed E-state index contributed by atoms with van der Waals surface area (Å²) in [7, 11) is -2.04. The third-order valence-corrected chi connectivity index (χ3v) is 10.2. The summed E-state index contributed by atoms with van der Waals surface area (Å²) in [4.78, 5) is 32.3. The van der Waals surface area contributed by atoms with Crippen LogP contribution in [0.1, 0.15) is 42.0 Å². The number of benzene rings is 3. The number of pyridine rings is 1. The van der Waals surface area contributed by atoms with E-state index >= 15 is 0 Å². The lowest BCUT2D eigenvalue weighted by Gasteiger charge is -2.27. The van der Waals surface area contributed by atoms with Crippen LogP contribution in [0, 0.1) is 5.82 Å². The number of amides is 2. The van der Waals surface area contributed by atoms with Crippen LogP contribution >= 0.6 is 0 Å². The molecular weight excluding hydrogens is 573 g/mol. The van der Waals surface area contributed by atoms with Crippen molar-refractivity contribution in [1.29, 1.82) is 0 Å². The Morgan fingerprint density at radius 2 is 1.81 bits per heavy atom. The maximum atomic E-state index is 14.7. The van der Waals surface area contributed by atoms with E-state index < -0.39 is 32.9 Å². The molecule has 2 amide bonds. The third-order valence-electron chi connectivity index (χ3n) is 7.88. The molecule has 43 heavy (non-hydrogen) atoms. The zero-order chi connectivity index (χ0) is 30.5. The normalized spacial score (nSPS) is 17.8. The van der Waals surface area contributed by atoms with Gasteiger partial charge in [0.05, 0.1) is 16.3 Å². The molecule has 1 saturated carbocycles. The van der Waals surface area contributed by atoms with Crippen molar-refractivity contribution in [2.75, 3.05) is 23.4 Å². The van der Waals surface area contributed by atoms with Gasteiger partial charge in [-0.2, -0.15) is 0 Å². The van der Waals surface area contributed by atoms with Gasteiger partial charge < -0.3 is 26.4 Å². The number of nitrogens with one attached hydrogen (secondary N) is 2. The van der Waals surface area contributed by atoms with Gasteiger partial charge in [0.1, 0.15) is 23.4 Å². The summed E-state index contributed by atoms with van der Waals surface area (Å²) < 4.78 is 41.2. The number of likely N-dealkylation sites (N-methyl/N-ethyl adjacent to an activating group) is 1. The Morgan fingerprint density at radius 3 is 2.58 bits per heavy atom. The first-order valence-corrected chi connectivity index (χ1v) is 15.4. The van der Waals surface area contributed by atoms with Gasteiger partial charge in [0.2, 0.25) is 11.8 Å². The Bertz CT molecular complexity index is 1890. The van der Waals surface area contributed by atoms with Crippen molar-refractivity contribution in [2.24, 2.45) is 0 Å². The van der Waals surface area contributed by atoms with E-state index in [1.807, 2.05) is 0 Å². The predicted octanol–water partition coefficient (Wildman–Crippen LogP) is 4.29. The second kappa shape index (κ2) is 10.8. The number of anilines is 3. The standard InChI is InChI=1S/C31H30FN5O5S/c1-37-16-19-13-20(5-10-27(19)43(41,42)22-6-7-22)35-28(39)11-3-17-12-18(2-9-26(17)38)29(31(37)40)36-21-4-8-23-24(14-21)25(32)15-34-30(23)33/h2,4-5,8-10,12-15,22,29,36,38H,3,6-7,11,16H2,1H3,(H2,33,34)(H,35,39)/t29-/m1/s1. The van der Waals surface area contributed by atoms with E-state index in [2.05, 4.69) is 15.6 Å². The van der Waals surface area contributed by atoms with Crippen molar-refractivity contribution in [2.45, 2.75) is 48.4 Å². The molecule has 12 heteroatoms. The maximum Gasteiger partial charge on any atom is 0.249 e. The number of aryl methyl sites for hydroxylation is 1. The van der Waals surface area contributed by atoms with Crippen LogP contribution in [0.4, 0.5) is 21.6 Å². The van der Waals surface area contributed by atoms with Crippen LogP contribution in [-0.2, 0) is 32.4 Å². The summed E-state index contributed by atoms with van der Waals surface area (Å²) in [6, 6.07) is 13.1. The molecule has 222 valence electrons. The Kier molecular flexibility index (Phi) is 7.17. The SMILES string of the molecule is CN1Cc2cc(ccc2S(=O)(=O)C2CC2)NC(=O)CCc2cc(ccc2O)[C@@H](Nc2ccc3c(N)ncc(F)c3c2)C1=O. The highest BCUT2D eigenvalue weighted by atomic mass is 32.2. The minimum absolute atomic E-state index is 0.0177. The van der Waals surface area contributed by atoms with E-state index in [0.29, 0.717) is 46.3 Å². The lowest BCUT2D eigenvalue weighted by atomic mass is 9.98. The second-order valence-corrected chi connectivity index (χ2v) is 13.2. The van der Waals surface area contributed by atoms with Crippen LogP contribution in [0.15, 0.2) is 65.7 Å². The van der Waals surface area contributed by atoms with Gasteiger partial charge in [-0.05, 0) is 84.5 Å². The maximum absolute atomic E-state index is 14.7. The van der Waals surface area contributed by atoms with Gasteiger partial charge in [-0.15, -0.1) is 0 Å². The van der Waals surface area contributed by atoms with Crippen LogP contribution in [0.25, 0.3) is 10.8 Å². The molecule has 0 unspecified atom stereocenters. The molecule has 4 bridgehead atoms. The molecule has 0 radical (unpaired) electrons. The smallest absolute Gasteiger partial charge is 0.249 e. The van der Waals surface area contributed by atoms with Crippen LogP contribution in [0.5, 0.6) is 5.75 Å². The van der Waals surface area contributed by atoms with Crippen LogP contribution in [-0.4, -0.2) is 47.5 Å². The number of nitrogens with zero attached hydrogens (tertiary/aromatic N) is 2. The number of hydrogen-bond acceptors (Lipinski definition) is 8. The summed E-state index contributed by atoms with van der Waals surface area (Å²) >= 11 is 0. The number of aromatic nitrogens is 1. The van der Waals surface area contributed by atoms with Gasteiger partial charge in [-0.3, -0.25) is 9.59 Å². The summed E-state index contributed by atoms with van der Waals surface area (Å²) in [6.45, 7) is -0.0541. The Balaban J connectivity index is 1.43. The molecule has 0 spiro atoms. The fourth-order valence-electron chi connectivity index (χ4n) is 5.40. The van der Waals surface area contributed by atoms with E-state index in [4.69, 9.17) is 5.73 Å². The molecule has 6 rings (SSSR count). The topological polar surface area (TPSA) is 155 Å². The molecule has 2 heterocycles. The van der Waals surface area contributed by atoms with Crippen molar-refractivity contribution >= 4 is 49.6 Å². The van der Waals surface area contributed by atoms with Gasteiger partial charge in [0.15, 0.2) is 9.84 Å². The molecule has 4 aromatic rings. The molecule has 1 aliphatic heterocycles. The van der Waals surface area contributed by atoms with E-state index in [1.165, 1.54) is 23.1 Å². The fraction of sp³-hybridized carbons (Fsp3) is 0.258. The number of phenolic OH excluding ortho intramolecular Hbond substituents is 1. The molecule has 5 N–H and O–H groups in total. The van der Waals surface area contributed by atoms with Crippen LogP contribution in [0.2, 0.25) is 0 Å². The van der Waals surface area contributed by atoms with E-state index in [-0.39, 0.29) is 47.1 Å². The first kappa shape index (κ1) is 28.4. The summed E-state index contributed by atoms with van der Waals surface area (Å²) in [5.41, 5.74) is 8.12. The van der Waals surface area contributed by atoms with Gasteiger partial charge in [0.25, 0.3) is 0 Å². The summed E-state index contributed by atoms with van der Waals surface area (Å²) in [6.07, 6.45) is 2.43. The minimum Gasteiger partial charge on any atom is -0.508 e. The summed E-state index contributed by atoms with van der Waals surface area (Å²) in [5.74, 6) is -1.12. The number of hydrogen-bond donors (Lipinski definition) is 4. The number of nitrogens with two attached hydrogens (primary N) is 1. The van der Waals surface area contributed by atoms with Crippen molar-refractivity contribution in [3.05, 3.63) is 83.3 Å². The number of phenols is 1. The van der Waals surface area contributed by atoms with Crippen molar-refractivity contribution < 1.29 is 27.5 Å². The van der Waals surface area contributed by atoms with E-state index in [9.17, 15) is 27.5 Å². The average molecular weight is 604 g/mol. The Hall–Kier alpha value is -4.71. The molecule has 1 aliphatic carbocycles. The second-order valence-electron chi connectivity index (χ2n) is 11.0. The Morgan fingerprint density at radius 1 is 1.02 bits per heavy atom. The largest absolute Gasteiger partial charge is 0.508 e. The van der Waals surface area contributed by atoms with Crippen LogP contribution < -0.4 is 16.4 Å². The molecule has 1 atom stereocenters. The van der Waals surface area contributed by atoms with Crippen LogP contribution in [0.3, 0.4) is 0 Å². The highest BCUT2D eigenvalue weighted by molar-refractivity contribution is 7.92. The van der Waals surface area contributed by atoms with Crippen molar-refractivity contribution in [3.63, 3.8) is 0 Å². The number of carbonyl (C=O) groups excluding carboxylic acids is 2. The van der Waals surface area contributed by atoms with E-state index in [0.717, 1.165) is 6.20 Å². The molecule has 1 aromatic heterocycles. The third kappa shape index (κ3) is 5.57. The quantitative estimate of drug-likeness (QED) is 0.269.